The number of pyridine rings is 1. The first-order chi connectivity index (χ1) is 10.5. The molecule has 0 saturated heterocycles. The molecule has 0 fully saturated rings. The first-order valence-corrected chi connectivity index (χ1v) is 7.59. The van der Waals surface area contributed by atoms with Crippen molar-refractivity contribution in [2.24, 2.45) is 0 Å². The minimum absolute atomic E-state index is 0.107. The molecular formula is C18H27NO3. The summed E-state index contributed by atoms with van der Waals surface area (Å²) in [6.07, 6.45) is 7.93. The Morgan fingerprint density at radius 3 is 2.64 bits per heavy atom. The molecule has 0 radical (unpaired) electrons. The summed E-state index contributed by atoms with van der Waals surface area (Å²) >= 11 is 0. The van der Waals surface area contributed by atoms with Crippen molar-refractivity contribution in [1.29, 1.82) is 0 Å². The Bertz CT molecular complexity index is 544. The highest BCUT2D eigenvalue weighted by Crippen LogP contribution is 2.24. The van der Waals surface area contributed by atoms with E-state index in [2.05, 4.69) is 37.9 Å². The predicted octanol–water partition coefficient (Wildman–Crippen LogP) is 3.80. The van der Waals surface area contributed by atoms with E-state index in [0.29, 0.717) is 23.4 Å². The van der Waals surface area contributed by atoms with Gasteiger partial charge in [-0.2, -0.15) is 0 Å². The lowest BCUT2D eigenvalue weighted by Gasteiger charge is -2.11. The van der Waals surface area contributed by atoms with Gasteiger partial charge in [-0.1, -0.05) is 23.3 Å². The van der Waals surface area contributed by atoms with Crippen LogP contribution in [0.15, 0.2) is 29.5 Å². The highest BCUT2D eigenvalue weighted by atomic mass is 16.5. The van der Waals surface area contributed by atoms with Crippen LogP contribution in [0.25, 0.3) is 0 Å². The second-order valence-corrected chi connectivity index (χ2v) is 5.74. The molecule has 22 heavy (non-hydrogen) atoms. The highest BCUT2D eigenvalue weighted by Gasteiger charge is 2.11. The van der Waals surface area contributed by atoms with Crippen LogP contribution in [-0.4, -0.2) is 21.8 Å². The van der Waals surface area contributed by atoms with Gasteiger partial charge in [0.15, 0.2) is 0 Å². The maximum absolute atomic E-state index is 10.0. The summed E-state index contributed by atoms with van der Waals surface area (Å²) in [5.41, 5.74) is 4.39. The normalized spacial score (nSPS) is 11.6. The topological polar surface area (TPSA) is 62.6 Å². The number of ether oxygens (including phenoxy) is 1. The minimum Gasteiger partial charge on any atom is -0.506 e. The van der Waals surface area contributed by atoms with Gasteiger partial charge in [0.05, 0.1) is 25.5 Å². The lowest BCUT2D eigenvalue weighted by Crippen LogP contribution is -2.02. The van der Waals surface area contributed by atoms with Gasteiger partial charge in [-0.15, -0.1) is 0 Å². The second-order valence-electron chi connectivity index (χ2n) is 5.74. The van der Waals surface area contributed by atoms with Gasteiger partial charge in [-0.25, -0.2) is 0 Å². The van der Waals surface area contributed by atoms with Gasteiger partial charge in [0.1, 0.15) is 5.75 Å². The monoisotopic (exact) mass is 305 g/mol. The molecule has 4 heteroatoms. The molecule has 0 atom stereocenters. The zero-order valence-corrected chi connectivity index (χ0v) is 14.0. The molecule has 1 heterocycles. The summed E-state index contributed by atoms with van der Waals surface area (Å²) in [4.78, 5) is 4.03. The molecule has 0 bridgehead atoms. The first kappa shape index (κ1) is 18.4. The van der Waals surface area contributed by atoms with Crippen LogP contribution in [-0.2, 0) is 18.0 Å². The Hall–Kier alpha value is -1.65. The van der Waals surface area contributed by atoms with Crippen molar-refractivity contribution in [3.8, 4) is 5.75 Å². The molecule has 0 aliphatic heterocycles. The zero-order chi connectivity index (χ0) is 16.5. The summed E-state index contributed by atoms with van der Waals surface area (Å²) < 4.78 is 5.61. The van der Waals surface area contributed by atoms with E-state index in [9.17, 15) is 10.2 Å². The molecule has 0 unspecified atom stereocenters. The molecule has 122 valence electrons. The van der Waals surface area contributed by atoms with Gasteiger partial charge in [-0.05, 0) is 40.5 Å². The van der Waals surface area contributed by atoms with Crippen LogP contribution < -0.4 is 0 Å². The number of rotatable bonds is 8. The summed E-state index contributed by atoms with van der Waals surface area (Å²) in [6, 6.07) is 0. The van der Waals surface area contributed by atoms with Crippen molar-refractivity contribution in [2.45, 2.75) is 53.8 Å². The van der Waals surface area contributed by atoms with E-state index in [1.165, 1.54) is 11.1 Å². The lowest BCUT2D eigenvalue weighted by atomic mass is 10.1. The van der Waals surface area contributed by atoms with E-state index in [-0.39, 0.29) is 19.0 Å². The van der Waals surface area contributed by atoms with E-state index in [4.69, 9.17) is 4.74 Å². The van der Waals surface area contributed by atoms with Crippen molar-refractivity contribution in [3.63, 3.8) is 0 Å². The van der Waals surface area contributed by atoms with Gasteiger partial charge in [0.25, 0.3) is 0 Å². The SMILES string of the molecule is CC(C)=CCC/C(C)=C/COCc1c(CO)cnc(C)c1O. The molecule has 4 nitrogen and oxygen atoms in total. The van der Waals surface area contributed by atoms with Crippen molar-refractivity contribution in [2.75, 3.05) is 6.61 Å². The van der Waals surface area contributed by atoms with Crippen LogP contribution in [0.1, 0.15) is 50.4 Å². The summed E-state index contributed by atoms with van der Waals surface area (Å²) in [5.74, 6) is 0.107. The molecular weight excluding hydrogens is 278 g/mol. The lowest BCUT2D eigenvalue weighted by molar-refractivity contribution is 0.143. The molecule has 0 spiro atoms. The third kappa shape index (κ3) is 6.00. The van der Waals surface area contributed by atoms with Gasteiger partial charge in [0.2, 0.25) is 0 Å². The number of aromatic nitrogens is 1. The van der Waals surface area contributed by atoms with Gasteiger partial charge < -0.3 is 14.9 Å². The molecule has 0 aromatic carbocycles. The average Bonchev–Trinajstić information content (AvgIpc) is 2.47. The first-order valence-electron chi connectivity index (χ1n) is 7.59. The number of aliphatic hydroxyl groups excluding tert-OH is 1. The number of aromatic hydroxyl groups is 1. The standard InChI is InChI=1S/C18H27NO3/c1-13(2)6-5-7-14(3)8-9-22-12-17-16(11-20)10-19-15(4)18(17)21/h6,8,10,20-21H,5,7,9,11-12H2,1-4H3/b14-8+. The van der Waals surface area contributed by atoms with E-state index in [1.54, 1.807) is 13.1 Å². The Balaban J connectivity index is 2.51. The molecule has 1 aromatic heterocycles. The largest absolute Gasteiger partial charge is 0.506 e. The van der Waals surface area contributed by atoms with Crippen LogP contribution in [0.2, 0.25) is 0 Å². The Morgan fingerprint density at radius 2 is 2.00 bits per heavy atom. The fourth-order valence-corrected chi connectivity index (χ4v) is 2.03. The quantitative estimate of drug-likeness (QED) is 0.566. The third-order valence-corrected chi connectivity index (χ3v) is 3.49. The smallest absolute Gasteiger partial charge is 0.142 e. The number of hydrogen-bond donors (Lipinski definition) is 2. The van der Waals surface area contributed by atoms with Crippen molar-refractivity contribution >= 4 is 0 Å². The number of allylic oxidation sites excluding steroid dienone is 3. The number of aryl methyl sites for hydroxylation is 1. The number of aliphatic hydroxyl groups is 1. The number of hydrogen-bond acceptors (Lipinski definition) is 4. The fourth-order valence-electron chi connectivity index (χ4n) is 2.03. The maximum Gasteiger partial charge on any atom is 0.142 e. The van der Waals surface area contributed by atoms with E-state index in [1.807, 2.05) is 0 Å². The molecule has 0 aliphatic rings. The van der Waals surface area contributed by atoms with E-state index >= 15 is 0 Å². The van der Waals surface area contributed by atoms with E-state index in [0.717, 1.165) is 12.8 Å². The average molecular weight is 305 g/mol. The Morgan fingerprint density at radius 1 is 1.27 bits per heavy atom. The third-order valence-electron chi connectivity index (χ3n) is 3.49. The zero-order valence-electron chi connectivity index (χ0n) is 14.0. The molecule has 1 aromatic rings. The summed E-state index contributed by atoms with van der Waals surface area (Å²) in [6.45, 7) is 8.63. The highest BCUT2D eigenvalue weighted by molar-refractivity contribution is 5.40. The van der Waals surface area contributed by atoms with Crippen LogP contribution in [0.5, 0.6) is 5.75 Å². The predicted molar refractivity (Wildman–Crippen MR) is 88.6 cm³/mol. The van der Waals surface area contributed by atoms with Crippen LogP contribution >= 0.6 is 0 Å². The van der Waals surface area contributed by atoms with Gasteiger partial charge >= 0.3 is 0 Å². The number of nitrogens with zero attached hydrogens (tertiary/aromatic N) is 1. The molecule has 2 N–H and O–H groups in total. The van der Waals surface area contributed by atoms with Crippen molar-refractivity contribution in [3.05, 3.63) is 46.3 Å². The molecule has 0 aliphatic carbocycles. The van der Waals surface area contributed by atoms with Crippen molar-refractivity contribution < 1.29 is 14.9 Å². The summed E-state index contributed by atoms with van der Waals surface area (Å²) in [7, 11) is 0. The van der Waals surface area contributed by atoms with Crippen molar-refractivity contribution in [1.82, 2.24) is 4.98 Å². The molecule has 1 rings (SSSR count). The Labute approximate surface area is 133 Å². The minimum atomic E-state index is -0.156. The van der Waals surface area contributed by atoms with Gasteiger partial charge in [-0.3, -0.25) is 4.98 Å². The molecule has 0 saturated carbocycles. The maximum atomic E-state index is 10.0. The van der Waals surface area contributed by atoms with Crippen LogP contribution in [0, 0.1) is 6.92 Å². The van der Waals surface area contributed by atoms with Gasteiger partial charge in [0, 0.05) is 17.3 Å². The van der Waals surface area contributed by atoms with Crippen LogP contribution in [0.3, 0.4) is 0 Å². The fraction of sp³-hybridized carbons (Fsp3) is 0.500. The van der Waals surface area contributed by atoms with Crippen LogP contribution in [0.4, 0.5) is 0 Å². The molecule has 0 amide bonds. The second kappa shape index (κ2) is 9.38. The summed E-state index contributed by atoms with van der Waals surface area (Å²) in [5, 5.41) is 19.3. The van der Waals surface area contributed by atoms with E-state index < -0.39 is 0 Å². The Kier molecular flexibility index (Phi) is 7.85.